The van der Waals surface area contributed by atoms with Crippen molar-refractivity contribution >= 4 is 0 Å². The fourth-order valence-corrected chi connectivity index (χ4v) is 3.91. The van der Waals surface area contributed by atoms with Crippen molar-refractivity contribution < 1.29 is 22.0 Å². The normalized spacial score (nSPS) is 20.2. The van der Waals surface area contributed by atoms with Crippen molar-refractivity contribution in [3.05, 3.63) is 51.4 Å². The molecule has 140 valence electrons. The number of aromatic nitrogens is 2. The Hall–Kier alpha value is -2.12. The van der Waals surface area contributed by atoms with Crippen molar-refractivity contribution in [2.75, 3.05) is 0 Å². The van der Waals surface area contributed by atoms with Crippen molar-refractivity contribution in [3.8, 4) is 5.69 Å². The predicted octanol–water partition coefficient (Wildman–Crippen LogP) is 4.58. The quantitative estimate of drug-likeness (QED) is 0.725. The molecule has 26 heavy (non-hydrogen) atoms. The molecule has 1 heterocycles. The number of halogens is 5. The molecule has 2 aliphatic rings. The van der Waals surface area contributed by atoms with Crippen molar-refractivity contribution in [1.82, 2.24) is 9.36 Å². The van der Waals surface area contributed by atoms with Crippen molar-refractivity contribution in [2.45, 2.75) is 49.6 Å². The molecule has 1 aromatic heterocycles. The topological polar surface area (TPSA) is 26.9 Å². The summed E-state index contributed by atoms with van der Waals surface area (Å²) in [6.07, 6.45) is -3.84. The molecule has 2 aliphatic carbocycles. The van der Waals surface area contributed by atoms with Gasteiger partial charge >= 0.3 is 6.18 Å². The van der Waals surface area contributed by atoms with Gasteiger partial charge in [-0.2, -0.15) is 13.2 Å². The number of hydrogen-bond donors (Lipinski definition) is 0. The zero-order chi connectivity index (χ0) is 18.9. The van der Waals surface area contributed by atoms with Crippen molar-refractivity contribution in [3.63, 3.8) is 0 Å². The van der Waals surface area contributed by atoms with E-state index in [1.807, 2.05) is 0 Å². The van der Waals surface area contributed by atoms with Crippen LogP contribution in [0.15, 0.2) is 29.1 Å². The van der Waals surface area contributed by atoms with Gasteiger partial charge in [0.2, 0.25) is 5.92 Å². The fraction of sp³-hybridized carbons (Fsp3) is 0.500. The van der Waals surface area contributed by atoms with Crippen LogP contribution < -0.4 is 5.56 Å². The molecule has 0 spiro atoms. The lowest BCUT2D eigenvalue weighted by atomic mass is 9.77. The zero-order valence-electron chi connectivity index (χ0n) is 14.0. The summed E-state index contributed by atoms with van der Waals surface area (Å²) in [5.74, 6) is -3.32. The highest BCUT2D eigenvalue weighted by atomic mass is 19.4. The maximum atomic E-state index is 13.4. The first-order valence-electron chi connectivity index (χ1n) is 8.46. The van der Waals surface area contributed by atoms with Crippen LogP contribution in [0, 0.1) is 0 Å². The Morgan fingerprint density at radius 2 is 1.69 bits per heavy atom. The number of hydrogen-bond acceptors (Lipinski definition) is 1. The van der Waals surface area contributed by atoms with Gasteiger partial charge in [-0.15, -0.1) is 0 Å². The monoisotopic (exact) mass is 372 g/mol. The van der Waals surface area contributed by atoms with Gasteiger partial charge in [-0.05, 0) is 30.9 Å². The standard InChI is InChI=1S/C18H17F5N2O/c1-24-15(11-8-17(19,20)9-11)14(10-6-7-10)16(26)25(24)13-5-3-2-4-12(13)18(21,22)23/h2-5,10-11H,6-9H2,1H3. The van der Waals surface area contributed by atoms with E-state index in [4.69, 9.17) is 0 Å². The number of para-hydroxylation sites is 1. The van der Waals surface area contributed by atoms with E-state index >= 15 is 0 Å². The van der Waals surface area contributed by atoms with Gasteiger partial charge in [-0.1, -0.05) is 12.1 Å². The molecule has 0 bridgehead atoms. The average Bonchev–Trinajstić information content (AvgIpc) is 3.30. The largest absolute Gasteiger partial charge is 0.418 e. The van der Waals surface area contributed by atoms with Crippen LogP contribution in [0.5, 0.6) is 0 Å². The third-order valence-corrected chi connectivity index (χ3v) is 5.25. The number of benzene rings is 1. The fourth-order valence-electron chi connectivity index (χ4n) is 3.91. The van der Waals surface area contributed by atoms with Crippen LogP contribution in [0.2, 0.25) is 0 Å². The summed E-state index contributed by atoms with van der Waals surface area (Å²) in [7, 11) is 1.48. The van der Waals surface area contributed by atoms with Gasteiger partial charge in [0.25, 0.3) is 5.56 Å². The maximum absolute atomic E-state index is 13.4. The molecule has 2 fully saturated rings. The van der Waals surface area contributed by atoms with Crippen LogP contribution in [-0.2, 0) is 13.2 Å². The van der Waals surface area contributed by atoms with Gasteiger partial charge in [0.05, 0.1) is 11.3 Å². The van der Waals surface area contributed by atoms with Gasteiger partial charge in [0, 0.05) is 37.1 Å². The van der Waals surface area contributed by atoms with Crippen molar-refractivity contribution in [2.24, 2.45) is 7.05 Å². The highest BCUT2D eigenvalue weighted by Crippen LogP contribution is 2.52. The van der Waals surface area contributed by atoms with E-state index in [1.165, 1.54) is 29.9 Å². The molecule has 0 aliphatic heterocycles. The Bertz CT molecular complexity index is 913. The third-order valence-electron chi connectivity index (χ3n) is 5.25. The molecule has 0 saturated heterocycles. The molecular formula is C18H17F5N2O. The lowest BCUT2D eigenvalue weighted by Gasteiger charge is -2.35. The predicted molar refractivity (Wildman–Crippen MR) is 84.9 cm³/mol. The summed E-state index contributed by atoms with van der Waals surface area (Å²) in [5, 5.41) is 0. The minimum absolute atomic E-state index is 0.0442. The van der Waals surface area contributed by atoms with Gasteiger partial charge in [0.15, 0.2) is 0 Å². The summed E-state index contributed by atoms with van der Waals surface area (Å²) in [6, 6.07) is 4.84. The summed E-state index contributed by atoms with van der Waals surface area (Å²) in [6.45, 7) is 0. The first kappa shape index (κ1) is 17.3. The number of nitrogens with zero attached hydrogens (tertiary/aromatic N) is 2. The molecule has 3 nitrogen and oxygen atoms in total. The minimum atomic E-state index is -4.62. The van der Waals surface area contributed by atoms with E-state index in [0.29, 0.717) is 11.3 Å². The van der Waals surface area contributed by atoms with E-state index in [-0.39, 0.29) is 24.4 Å². The minimum Gasteiger partial charge on any atom is -0.284 e. The molecule has 0 unspecified atom stereocenters. The lowest BCUT2D eigenvalue weighted by molar-refractivity contribution is -0.137. The SMILES string of the molecule is Cn1c(C2CC(F)(F)C2)c(C2CC2)c(=O)n1-c1ccccc1C(F)(F)F. The zero-order valence-corrected chi connectivity index (χ0v) is 14.0. The second kappa shape index (κ2) is 5.44. The van der Waals surface area contributed by atoms with Gasteiger partial charge in [-0.25, -0.2) is 13.5 Å². The third kappa shape index (κ3) is 2.66. The summed E-state index contributed by atoms with van der Waals surface area (Å²) in [5.41, 5.74) is -0.857. The van der Waals surface area contributed by atoms with Crippen molar-refractivity contribution in [1.29, 1.82) is 0 Å². The molecule has 4 rings (SSSR count). The molecule has 0 N–H and O–H groups in total. The molecule has 0 amide bonds. The second-order valence-corrected chi connectivity index (χ2v) is 7.19. The molecule has 0 atom stereocenters. The van der Waals surface area contributed by atoms with Crippen LogP contribution >= 0.6 is 0 Å². The summed E-state index contributed by atoms with van der Waals surface area (Å²) in [4.78, 5) is 13.0. The Balaban J connectivity index is 1.91. The Labute approximate surface area is 146 Å². The molecule has 8 heteroatoms. The van der Waals surface area contributed by atoms with E-state index in [1.54, 1.807) is 0 Å². The van der Waals surface area contributed by atoms with E-state index < -0.39 is 29.1 Å². The number of rotatable bonds is 3. The Morgan fingerprint density at radius 3 is 2.23 bits per heavy atom. The summed E-state index contributed by atoms with van der Waals surface area (Å²) < 4.78 is 69.2. The lowest BCUT2D eigenvalue weighted by Crippen LogP contribution is -2.35. The van der Waals surface area contributed by atoms with Crippen LogP contribution in [0.4, 0.5) is 22.0 Å². The molecule has 2 aromatic rings. The molecule has 0 radical (unpaired) electrons. The van der Waals surface area contributed by atoms with Crippen LogP contribution in [-0.4, -0.2) is 15.3 Å². The van der Waals surface area contributed by atoms with Crippen LogP contribution in [0.3, 0.4) is 0 Å². The van der Waals surface area contributed by atoms with E-state index in [9.17, 15) is 26.7 Å². The number of alkyl halides is 5. The van der Waals surface area contributed by atoms with Crippen LogP contribution in [0.1, 0.15) is 54.3 Å². The molecule has 1 aromatic carbocycles. The second-order valence-electron chi connectivity index (χ2n) is 7.19. The first-order chi connectivity index (χ1) is 12.1. The maximum Gasteiger partial charge on any atom is 0.418 e. The van der Waals surface area contributed by atoms with Gasteiger partial charge in [0.1, 0.15) is 0 Å². The highest BCUT2D eigenvalue weighted by Gasteiger charge is 2.50. The molecule has 2 saturated carbocycles. The van der Waals surface area contributed by atoms with Gasteiger partial charge < -0.3 is 0 Å². The van der Waals surface area contributed by atoms with Crippen LogP contribution in [0.25, 0.3) is 5.69 Å². The first-order valence-corrected chi connectivity index (χ1v) is 8.46. The summed E-state index contributed by atoms with van der Waals surface area (Å²) >= 11 is 0. The Kier molecular flexibility index (Phi) is 3.62. The average molecular weight is 372 g/mol. The highest BCUT2D eigenvalue weighted by molar-refractivity contribution is 5.45. The Morgan fingerprint density at radius 1 is 1.08 bits per heavy atom. The van der Waals surface area contributed by atoms with E-state index in [2.05, 4.69) is 0 Å². The van der Waals surface area contributed by atoms with E-state index in [0.717, 1.165) is 23.6 Å². The molecular weight excluding hydrogens is 355 g/mol. The smallest absolute Gasteiger partial charge is 0.284 e. The van der Waals surface area contributed by atoms with Gasteiger partial charge in [-0.3, -0.25) is 9.48 Å².